The molecule has 0 aliphatic carbocycles. The summed E-state index contributed by atoms with van der Waals surface area (Å²) in [6.45, 7) is 8.98. The van der Waals surface area contributed by atoms with Crippen LogP contribution in [-0.2, 0) is 22.9 Å². The van der Waals surface area contributed by atoms with E-state index in [1.54, 1.807) is 0 Å². The molecule has 0 amide bonds. The highest BCUT2D eigenvalue weighted by Crippen LogP contribution is 2.46. The van der Waals surface area contributed by atoms with Gasteiger partial charge in [-0.05, 0) is 63.2 Å². The minimum Gasteiger partial charge on any atom is -0.381 e. The Kier molecular flexibility index (Phi) is 14.4. The van der Waals surface area contributed by atoms with E-state index in [0.717, 1.165) is 44.9 Å². The van der Waals surface area contributed by atoms with E-state index in [-0.39, 0.29) is 12.0 Å². The molecule has 0 aromatic rings. The highest BCUT2D eigenvalue weighted by Gasteiger charge is 2.34. The third-order valence-electron chi connectivity index (χ3n) is 6.06. The highest BCUT2D eigenvalue weighted by atomic mass is 31.2. The summed E-state index contributed by atoms with van der Waals surface area (Å²) in [7, 11) is -8.97. The van der Waals surface area contributed by atoms with Crippen molar-refractivity contribution in [1.82, 2.24) is 0 Å². The summed E-state index contributed by atoms with van der Waals surface area (Å²) >= 11 is 0. The monoisotopic (exact) mass is 476 g/mol. The van der Waals surface area contributed by atoms with Crippen molar-refractivity contribution in [2.75, 3.05) is 19.8 Å². The molecule has 11 heteroatoms. The molecule has 0 rings (SSSR count). The van der Waals surface area contributed by atoms with Crippen molar-refractivity contribution in [2.24, 2.45) is 5.41 Å². The van der Waals surface area contributed by atoms with Crippen molar-refractivity contribution >= 4 is 15.6 Å². The van der Waals surface area contributed by atoms with Crippen molar-refractivity contribution < 1.29 is 42.5 Å². The predicted octanol–water partition coefficient (Wildman–Crippen LogP) is 4.93. The standard InChI is InChI=1S/C19H42O9P2/c1-5-18(6-2,17-27-29(20,21)22)13-9-11-15-26-16-12-10-14-19(7-3,8-4)28-30(23,24)25/h5-17H2,1-4H3,(H2,20,21,22)(H2,23,24,25). The van der Waals surface area contributed by atoms with Gasteiger partial charge in [-0.25, -0.2) is 9.13 Å². The van der Waals surface area contributed by atoms with Crippen molar-refractivity contribution in [2.45, 2.75) is 97.5 Å². The first-order valence-electron chi connectivity index (χ1n) is 10.9. The van der Waals surface area contributed by atoms with E-state index in [1.165, 1.54) is 0 Å². The Morgan fingerprint density at radius 3 is 1.60 bits per heavy atom. The van der Waals surface area contributed by atoms with Crippen molar-refractivity contribution in [3.8, 4) is 0 Å². The molecule has 0 fully saturated rings. The summed E-state index contributed by atoms with van der Waals surface area (Å²) < 4.78 is 37.6. The van der Waals surface area contributed by atoms with Gasteiger partial charge in [0.05, 0.1) is 12.2 Å². The van der Waals surface area contributed by atoms with Gasteiger partial charge in [0, 0.05) is 13.2 Å². The molecule has 0 aromatic heterocycles. The Balaban J connectivity index is 4.10. The second kappa shape index (κ2) is 14.4. The smallest absolute Gasteiger partial charge is 0.381 e. The lowest BCUT2D eigenvalue weighted by atomic mass is 9.79. The fraction of sp³-hybridized carbons (Fsp3) is 1.00. The molecule has 0 aromatic carbocycles. The van der Waals surface area contributed by atoms with Gasteiger partial charge in [0.2, 0.25) is 0 Å². The van der Waals surface area contributed by atoms with Crippen LogP contribution in [0.15, 0.2) is 0 Å². The molecule has 0 saturated carbocycles. The highest BCUT2D eigenvalue weighted by molar-refractivity contribution is 7.46. The lowest BCUT2D eigenvalue weighted by Gasteiger charge is -2.31. The lowest BCUT2D eigenvalue weighted by molar-refractivity contribution is 0.0152. The summed E-state index contributed by atoms with van der Waals surface area (Å²) in [5.74, 6) is 0. The van der Waals surface area contributed by atoms with Gasteiger partial charge in [-0.15, -0.1) is 0 Å². The molecule has 0 aliphatic heterocycles. The fourth-order valence-corrected chi connectivity index (χ4v) is 4.88. The van der Waals surface area contributed by atoms with Crippen LogP contribution in [0.4, 0.5) is 0 Å². The molecule has 0 spiro atoms. The third-order valence-corrected chi connectivity index (χ3v) is 7.15. The molecule has 0 aliphatic rings. The maximum atomic E-state index is 11.2. The van der Waals surface area contributed by atoms with Crippen LogP contribution in [0.5, 0.6) is 0 Å². The zero-order valence-corrected chi connectivity index (χ0v) is 20.7. The van der Waals surface area contributed by atoms with Crippen molar-refractivity contribution in [3.05, 3.63) is 0 Å². The normalized spacial score (nSPS) is 13.7. The van der Waals surface area contributed by atoms with Crippen LogP contribution < -0.4 is 0 Å². The lowest BCUT2D eigenvalue weighted by Crippen LogP contribution is -2.30. The average Bonchev–Trinajstić information content (AvgIpc) is 2.66. The Morgan fingerprint density at radius 2 is 1.20 bits per heavy atom. The van der Waals surface area contributed by atoms with Gasteiger partial charge in [0.1, 0.15) is 0 Å². The summed E-state index contributed by atoms with van der Waals surface area (Å²) in [5.41, 5.74) is -1.03. The number of phosphoric ester groups is 2. The number of rotatable bonds is 19. The number of unbranched alkanes of at least 4 members (excludes halogenated alkanes) is 2. The predicted molar refractivity (Wildman–Crippen MR) is 116 cm³/mol. The molecule has 0 unspecified atom stereocenters. The van der Waals surface area contributed by atoms with Crippen LogP contribution in [0.2, 0.25) is 0 Å². The SMILES string of the molecule is CCC(CC)(CCCCOCCCCC(CC)(CC)OP(=O)(O)O)COP(=O)(O)O. The van der Waals surface area contributed by atoms with Gasteiger partial charge >= 0.3 is 15.6 Å². The first kappa shape index (κ1) is 30.2. The quantitative estimate of drug-likeness (QED) is 0.151. The van der Waals surface area contributed by atoms with E-state index in [9.17, 15) is 9.13 Å². The molecule has 182 valence electrons. The van der Waals surface area contributed by atoms with Gasteiger partial charge in [-0.1, -0.05) is 34.1 Å². The zero-order chi connectivity index (χ0) is 23.3. The number of phosphoric acid groups is 2. The number of hydrogen-bond acceptors (Lipinski definition) is 5. The largest absolute Gasteiger partial charge is 0.470 e. The van der Waals surface area contributed by atoms with Crippen LogP contribution in [0.3, 0.4) is 0 Å². The molecular formula is C19H42O9P2. The van der Waals surface area contributed by atoms with Gasteiger partial charge < -0.3 is 24.3 Å². The molecule has 0 heterocycles. The Morgan fingerprint density at radius 1 is 0.700 bits per heavy atom. The first-order chi connectivity index (χ1) is 13.9. The van der Waals surface area contributed by atoms with Gasteiger partial charge in [-0.2, -0.15) is 0 Å². The van der Waals surface area contributed by atoms with Crippen LogP contribution in [-0.4, -0.2) is 45.0 Å². The van der Waals surface area contributed by atoms with Crippen LogP contribution in [0, 0.1) is 5.41 Å². The summed E-state index contributed by atoms with van der Waals surface area (Å²) in [6.07, 6.45) is 7.34. The van der Waals surface area contributed by atoms with E-state index in [2.05, 4.69) is 0 Å². The number of ether oxygens (including phenoxy) is 1. The molecule has 0 bridgehead atoms. The van der Waals surface area contributed by atoms with Crippen LogP contribution in [0.25, 0.3) is 0 Å². The molecule has 0 radical (unpaired) electrons. The first-order valence-corrected chi connectivity index (χ1v) is 14.0. The van der Waals surface area contributed by atoms with E-state index in [4.69, 9.17) is 33.4 Å². The second-order valence-corrected chi connectivity index (χ2v) is 10.4. The molecule has 4 N–H and O–H groups in total. The molecule has 30 heavy (non-hydrogen) atoms. The maximum absolute atomic E-state index is 11.2. The minimum atomic E-state index is -4.51. The van der Waals surface area contributed by atoms with Gasteiger partial charge in [0.25, 0.3) is 0 Å². The maximum Gasteiger partial charge on any atom is 0.470 e. The Bertz CT molecular complexity index is 536. The third kappa shape index (κ3) is 13.6. The minimum absolute atomic E-state index is 0.0540. The molecule has 9 nitrogen and oxygen atoms in total. The summed E-state index contributed by atoms with van der Waals surface area (Å²) in [4.78, 5) is 36.1. The van der Waals surface area contributed by atoms with Crippen molar-refractivity contribution in [1.29, 1.82) is 0 Å². The second-order valence-electron chi connectivity index (χ2n) is 7.97. The molecular weight excluding hydrogens is 434 g/mol. The van der Waals surface area contributed by atoms with E-state index >= 15 is 0 Å². The number of hydrogen-bond donors (Lipinski definition) is 4. The average molecular weight is 476 g/mol. The summed E-state index contributed by atoms with van der Waals surface area (Å²) in [6, 6.07) is 0. The van der Waals surface area contributed by atoms with Gasteiger partial charge in [-0.3, -0.25) is 9.05 Å². The fourth-order valence-electron chi connectivity index (χ4n) is 3.59. The zero-order valence-electron chi connectivity index (χ0n) is 18.9. The van der Waals surface area contributed by atoms with E-state index in [1.807, 2.05) is 27.7 Å². The van der Waals surface area contributed by atoms with Crippen molar-refractivity contribution in [3.63, 3.8) is 0 Å². The van der Waals surface area contributed by atoms with E-state index in [0.29, 0.717) is 32.5 Å². The Hall–Kier alpha value is 0.180. The summed E-state index contributed by atoms with van der Waals surface area (Å²) in [5, 5.41) is 0. The van der Waals surface area contributed by atoms with Crippen LogP contribution in [0.1, 0.15) is 91.9 Å². The topological polar surface area (TPSA) is 143 Å². The van der Waals surface area contributed by atoms with E-state index < -0.39 is 21.2 Å². The van der Waals surface area contributed by atoms with Gasteiger partial charge in [0.15, 0.2) is 0 Å². The molecule has 0 atom stereocenters. The Labute approximate surface area is 181 Å². The van der Waals surface area contributed by atoms with Crippen LogP contribution >= 0.6 is 15.6 Å². The molecule has 0 saturated heterocycles.